The first-order valence-corrected chi connectivity index (χ1v) is 12.3. The molecule has 4 aromatic carbocycles. The molecule has 0 aliphatic carbocycles. The first-order chi connectivity index (χ1) is 16.1. The highest BCUT2D eigenvalue weighted by atomic mass is 31.2. The lowest BCUT2D eigenvalue weighted by Crippen LogP contribution is -2.29. The number of esters is 1. The zero-order valence-electron chi connectivity index (χ0n) is 17.8. The monoisotopic (exact) mass is 455 g/mol. The number of hydrogen-bond acceptors (Lipinski definition) is 4. The summed E-state index contributed by atoms with van der Waals surface area (Å²) in [7, 11) is 0. The van der Waals surface area contributed by atoms with E-state index < -0.39 is 17.8 Å². The molecule has 0 spiro atoms. The number of non-ortho nitro benzene ring substituents is 1. The van der Waals surface area contributed by atoms with E-state index in [9.17, 15) is 14.9 Å². The van der Waals surface area contributed by atoms with Gasteiger partial charge in [-0.05, 0) is 40.5 Å². The van der Waals surface area contributed by atoms with Crippen molar-refractivity contribution in [1.29, 1.82) is 0 Å². The van der Waals surface area contributed by atoms with Gasteiger partial charge in [-0.1, -0.05) is 91.0 Å². The SMILES string of the molecule is O=C(C=P(c1ccccc1)(c1ccccc1)c1ccccc1)OCc1ccc([N+](=O)[O-])cc1. The number of nitrogens with zero attached hydrogens (tertiary/aromatic N) is 1. The fourth-order valence-corrected chi connectivity index (χ4v) is 7.38. The predicted octanol–water partition coefficient (Wildman–Crippen LogP) is 4.43. The summed E-state index contributed by atoms with van der Waals surface area (Å²) >= 11 is 0. The Kier molecular flexibility index (Phi) is 6.82. The van der Waals surface area contributed by atoms with E-state index in [1.165, 1.54) is 12.1 Å². The van der Waals surface area contributed by atoms with Gasteiger partial charge in [-0.3, -0.25) is 10.1 Å². The van der Waals surface area contributed by atoms with Gasteiger partial charge < -0.3 is 4.74 Å². The molecule has 0 saturated carbocycles. The maximum atomic E-state index is 13.2. The number of rotatable bonds is 7. The smallest absolute Gasteiger partial charge is 0.332 e. The Bertz CT molecular complexity index is 1190. The van der Waals surface area contributed by atoms with E-state index in [-0.39, 0.29) is 12.3 Å². The van der Waals surface area contributed by atoms with Gasteiger partial charge in [-0.2, -0.15) is 0 Å². The summed E-state index contributed by atoms with van der Waals surface area (Å²) in [5, 5.41) is 14.0. The van der Waals surface area contributed by atoms with Gasteiger partial charge in [0.05, 0.1) is 4.92 Å². The predicted molar refractivity (Wildman–Crippen MR) is 134 cm³/mol. The number of nitro benzene ring substituents is 1. The third kappa shape index (κ3) is 4.94. The molecule has 164 valence electrons. The Hall–Kier alpha value is -3.95. The number of carbonyl (C=O) groups excluding carboxylic acids is 1. The zero-order valence-corrected chi connectivity index (χ0v) is 18.7. The van der Waals surface area contributed by atoms with Gasteiger partial charge in [0.1, 0.15) is 6.61 Å². The van der Waals surface area contributed by atoms with Gasteiger partial charge in [-0.25, -0.2) is 4.79 Å². The largest absolute Gasteiger partial charge is 0.458 e. The molecule has 4 aromatic rings. The molecule has 4 rings (SSSR count). The van der Waals surface area contributed by atoms with Gasteiger partial charge in [0.2, 0.25) is 0 Å². The minimum absolute atomic E-state index is 0.00110. The third-order valence-corrected chi connectivity index (χ3v) is 9.25. The molecule has 0 aliphatic rings. The molecule has 0 atom stereocenters. The minimum Gasteiger partial charge on any atom is -0.458 e. The number of hydrogen-bond donors (Lipinski definition) is 0. The summed E-state index contributed by atoms with van der Waals surface area (Å²) in [4.78, 5) is 23.6. The van der Waals surface area contributed by atoms with Crippen LogP contribution in [0.4, 0.5) is 5.69 Å². The van der Waals surface area contributed by atoms with Crippen molar-refractivity contribution in [2.45, 2.75) is 6.61 Å². The summed E-state index contributed by atoms with van der Waals surface area (Å²) in [5.74, 6) is 1.29. The molecule has 0 radical (unpaired) electrons. The fourth-order valence-electron chi connectivity index (χ4n) is 3.72. The Morgan fingerprint density at radius 3 is 1.55 bits per heavy atom. The highest BCUT2D eigenvalue weighted by Gasteiger charge is 2.26. The zero-order chi connectivity index (χ0) is 23.1. The summed E-state index contributed by atoms with van der Waals surface area (Å²) in [5.41, 5.74) is 0.684. The fraction of sp³-hybridized carbons (Fsp3) is 0.0370. The summed E-state index contributed by atoms with van der Waals surface area (Å²) < 4.78 is 5.61. The molecule has 6 heteroatoms. The first-order valence-electron chi connectivity index (χ1n) is 10.4. The lowest BCUT2D eigenvalue weighted by atomic mass is 10.2. The quantitative estimate of drug-likeness (QED) is 0.179. The molecule has 0 fully saturated rings. The van der Waals surface area contributed by atoms with Crippen LogP contribution in [0.3, 0.4) is 0 Å². The Labute approximate surface area is 192 Å². The molecule has 0 aliphatic heterocycles. The Morgan fingerprint density at radius 1 is 0.727 bits per heavy atom. The molecule has 0 saturated heterocycles. The molecule has 0 amide bonds. The summed E-state index contributed by atoms with van der Waals surface area (Å²) in [6.07, 6.45) is 0. The highest BCUT2D eigenvalue weighted by Crippen LogP contribution is 2.43. The molecule has 0 N–H and O–H groups in total. The average molecular weight is 455 g/mol. The molecule has 0 unspecified atom stereocenters. The van der Waals surface area contributed by atoms with Crippen LogP contribution in [0.1, 0.15) is 5.56 Å². The second kappa shape index (κ2) is 10.1. The van der Waals surface area contributed by atoms with Gasteiger partial charge >= 0.3 is 5.97 Å². The highest BCUT2D eigenvalue weighted by molar-refractivity contribution is 7.95. The molecule has 0 heterocycles. The van der Waals surface area contributed by atoms with Crippen LogP contribution in [0.15, 0.2) is 115 Å². The van der Waals surface area contributed by atoms with E-state index in [0.717, 1.165) is 15.9 Å². The standard InChI is InChI=1S/C27H22NO4P/c29-27(32-20-22-16-18-23(19-17-22)28(30)31)21-33(24-10-4-1-5-11-24,25-12-6-2-7-13-25)26-14-8-3-9-15-26/h1-19,21H,20H2. The number of benzene rings is 4. The van der Waals surface area contributed by atoms with E-state index in [0.29, 0.717) is 5.56 Å². The summed E-state index contributed by atoms with van der Waals surface area (Å²) in [6.45, 7) is -2.41. The number of carbonyl (C=O) groups is 1. The van der Waals surface area contributed by atoms with E-state index in [1.54, 1.807) is 17.9 Å². The second-order valence-corrected chi connectivity index (χ2v) is 10.6. The van der Waals surface area contributed by atoms with Gasteiger partial charge in [-0.15, -0.1) is 0 Å². The molecule has 5 nitrogen and oxygen atoms in total. The second-order valence-electron chi connectivity index (χ2n) is 7.39. The number of ether oxygens (including phenoxy) is 1. The van der Waals surface area contributed by atoms with Crippen molar-refractivity contribution in [3.8, 4) is 0 Å². The lowest BCUT2D eigenvalue weighted by Gasteiger charge is -2.28. The molecule has 33 heavy (non-hydrogen) atoms. The van der Waals surface area contributed by atoms with E-state index in [2.05, 4.69) is 0 Å². The van der Waals surface area contributed by atoms with E-state index >= 15 is 0 Å². The maximum Gasteiger partial charge on any atom is 0.332 e. The van der Waals surface area contributed by atoms with Crippen LogP contribution in [0.25, 0.3) is 0 Å². The van der Waals surface area contributed by atoms with Crippen LogP contribution >= 0.6 is 6.89 Å². The van der Waals surface area contributed by atoms with Crippen molar-refractivity contribution in [3.63, 3.8) is 0 Å². The molecule has 0 bridgehead atoms. The molecular formula is C27H22NO4P. The van der Waals surface area contributed by atoms with Crippen LogP contribution in [-0.2, 0) is 16.1 Å². The van der Waals surface area contributed by atoms with Crippen molar-refractivity contribution in [3.05, 3.63) is 131 Å². The van der Waals surface area contributed by atoms with Gasteiger partial charge in [0, 0.05) is 17.9 Å². The third-order valence-electron chi connectivity index (χ3n) is 5.32. The molecular weight excluding hydrogens is 433 g/mol. The van der Waals surface area contributed by atoms with Crippen LogP contribution < -0.4 is 15.9 Å². The van der Waals surface area contributed by atoms with Crippen molar-refractivity contribution in [2.75, 3.05) is 0 Å². The van der Waals surface area contributed by atoms with Crippen molar-refractivity contribution in [2.24, 2.45) is 0 Å². The lowest BCUT2D eigenvalue weighted by molar-refractivity contribution is -0.384. The Balaban J connectivity index is 1.77. The van der Waals surface area contributed by atoms with Crippen LogP contribution in [-0.4, -0.2) is 16.7 Å². The van der Waals surface area contributed by atoms with Crippen molar-refractivity contribution in [1.82, 2.24) is 0 Å². The minimum atomic E-state index is -2.44. The van der Waals surface area contributed by atoms with Crippen molar-refractivity contribution < 1.29 is 14.5 Å². The average Bonchev–Trinajstić information content (AvgIpc) is 2.88. The molecule has 0 aromatic heterocycles. The van der Waals surface area contributed by atoms with Crippen LogP contribution in [0.2, 0.25) is 0 Å². The normalized spacial score (nSPS) is 10.9. The first kappa shape index (κ1) is 22.3. The van der Waals surface area contributed by atoms with Crippen LogP contribution in [0.5, 0.6) is 0 Å². The van der Waals surface area contributed by atoms with Crippen LogP contribution in [0, 0.1) is 10.1 Å². The van der Waals surface area contributed by atoms with E-state index in [4.69, 9.17) is 4.74 Å². The summed E-state index contributed by atoms with van der Waals surface area (Å²) in [6, 6.07) is 36.0. The maximum absolute atomic E-state index is 13.2. The van der Waals surface area contributed by atoms with E-state index in [1.807, 2.05) is 91.0 Å². The topological polar surface area (TPSA) is 69.4 Å². The van der Waals surface area contributed by atoms with Crippen molar-refractivity contribution >= 4 is 40.3 Å². The van der Waals surface area contributed by atoms with Gasteiger partial charge in [0.25, 0.3) is 5.69 Å². The Morgan fingerprint density at radius 2 is 1.15 bits per heavy atom. The number of nitro groups is 1. The van der Waals surface area contributed by atoms with Gasteiger partial charge in [0.15, 0.2) is 0 Å².